The molecular formula is C19H39N. The first-order chi connectivity index (χ1) is 9.81. The molecule has 0 amide bonds. The zero-order valence-electron chi connectivity index (χ0n) is 14.4. The number of hydrogen-bond acceptors (Lipinski definition) is 1. The van der Waals surface area contributed by atoms with E-state index in [1.54, 1.807) is 0 Å². The van der Waals surface area contributed by atoms with Crippen LogP contribution in [0.15, 0.2) is 0 Å². The van der Waals surface area contributed by atoms with E-state index in [2.05, 4.69) is 26.2 Å². The van der Waals surface area contributed by atoms with E-state index in [0.717, 1.165) is 17.9 Å². The van der Waals surface area contributed by atoms with E-state index in [1.807, 2.05) is 0 Å². The van der Waals surface area contributed by atoms with E-state index in [1.165, 1.54) is 83.5 Å². The van der Waals surface area contributed by atoms with E-state index in [-0.39, 0.29) is 0 Å². The third-order valence-corrected chi connectivity index (χ3v) is 5.46. The third-order valence-electron chi connectivity index (χ3n) is 5.46. The minimum absolute atomic E-state index is 0.792. The van der Waals surface area contributed by atoms with Crippen molar-refractivity contribution in [2.75, 3.05) is 7.05 Å². The Labute approximate surface area is 128 Å². The van der Waals surface area contributed by atoms with Gasteiger partial charge < -0.3 is 5.32 Å². The van der Waals surface area contributed by atoms with Crippen LogP contribution in [0.5, 0.6) is 0 Å². The lowest BCUT2D eigenvalue weighted by Gasteiger charge is -2.34. The minimum Gasteiger partial charge on any atom is -0.317 e. The van der Waals surface area contributed by atoms with Gasteiger partial charge in [-0.05, 0) is 38.1 Å². The maximum Gasteiger partial charge on any atom is 0.00924 e. The molecule has 20 heavy (non-hydrogen) atoms. The number of nitrogens with one attached hydrogen (secondary N) is 1. The molecule has 0 heterocycles. The van der Waals surface area contributed by atoms with Gasteiger partial charge >= 0.3 is 0 Å². The molecule has 3 unspecified atom stereocenters. The van der Waals surface area contributed by atoms with Crippen LogP contribution in [-0.4, -0.2) is 13.1 Å². The zero-order chi connectivity index (χ0) is 14.6. The van der Waals surface area contributed by atoms with Gasteiger partial charge in [0, 0.05) is 6.04 Å². The fourth-order valence-corrected chi connectivity index (χ4v) is 4.01. The second kappa shape index (κ2) is 11.6. The highest BCUT2D eigenvalue weighted by Gasteiger charge is 2.26. The van der Waals surface area contributed by atoms with Crippen LogP contribution in [-0.2, 0) is 0 Å². The highest BCUT2D eigenvalue weighted by Crippen LogP contribution is 2.34. The summed E-state index contributed by atoms with van der Waals surface area (Å²) in [6.45, 7) is 4.67. The van der Waals surface area contributed by atoms with E-state index < -0.39 is 0 Å². The molecule has 1 N–H and O–H groups in total. The highest BCUT2D eigenvalue weighted by atomic mass is 14.9. The van der Waals surface area contributed by atoms with Gasteiger partial charge in [-0.2, -0.15) is 0 Å². The van der Waals surface area contributed by atoms with Gasteiger partial charge in [-0.15, -0.1) is 0 Å². The lowest BCUT2D eigenvalue weighted by atomic mass is 9.76. The summed E-state index contributed by atoms with van der Waals surface area (Å²) in [5.74, 6) is 1.97. The SMILES string of the molecule is CCCCCCCCCC(NC)C1CCCC(CC)C1. The Morgan fingerprint density at radius 3 is 2.30 bits per heavy atom. The first-order valence-corrected chi connectivity index (χ1v) is 9.49. The van der Waals surface area contributed by atoms with Crippen LogP contribution in [0, 0.1) is 11.8 Å². The molecule has 0 aromatic carbocycles. The minimum atomic E-state index is 0.792. The molecule has 1 nitrogen and oxygen atoms in total. The fraction of sp³-hybridized carbons (Fsp3) is 1.00. The molecule has 1 saturated carbocycles. The molecule has 1 aliphatic rings. The summed E-state index contributed by atoms with van der Waals surface area (Å²) in [6.07, 6.45) is 18.8. The van der Waals surface area contributed by atoms with Gasteiger partial charge in [0.25, 0.3) is 0 Å². The Hall–Kier alpha value is -0.0400. The van der Waals surface area contributed by atoms with E-state index in [9.17, 15) is 0 Å². The average Bonchev–Trinajstić information content (AvgIpc) is 2.50. The van der Waals surface area contributed by atoms with E-state index in [4.69, 9.17) is 0 Å². The van der Waals surface area contributed by atoms with Crippen LogP contribution in [0.4, 0.5) is 0 Å². The molecule has 1 heteroatoms. The number of rotatable bonds is 11. The van der Waals surface area contributed by atoms with Crippen molar-refractivity contribution < 1.29 is 0 Å². The van der Waals surface area contributed by atoms with Gasteiger partial charge in [0.1, 0.15) is 0 Å². The Morgan fingerprint density at radius 2 is 1.65 bits per heavy atom. The van der Waals surface area contributed by atoms with Gasteiger partial charge in [-0.1, -0.05) is 78.1 Å². The smallest absolute Gasteiger partial charge is 0.00924 e. The normalized spacial score (nSPS) is 24.8. The molecule has 120 valence electrons. The van der Waals surface area contributed by atoms with Gasteiger partial charge in [0.05, 0.1) is 0 Å². The van der Waals surface area contributed by atoms with Crippen molar-refractivity contribution in [3.63, 3.8) is 0 Å². The van der Waals surface area contributed by atoms with Crippen LogP contribution in [0.2, 0.25) is 0 Å². The fourth-order valence-electron chi connectivity index (χ4n) is 4.01. The summed E-state index contributed by atoms with van der Waals surface area (Å²) in [4.78, 5) is 0. The maximum absolute atomic E-state index is 3.63. The first kappa shape index (κ1) is 18.0. The summed E-state index contributed by atoms with van der Waals surface area (Å²) < 4.78 is 0. The monoisotopic (exact) mass is 281 g/mol. The van der Waals surface area contributed by atoms with Crippen LogP contribution in [0.25, 0.3) is 0 Å². The predicted molar refractivity (Wildman–Crippen MR) is 91.2 cm³/mol. The predicted octanol–water partition coefficient (Wildman–Crippen LogP) is 5.93. The van der Waals surface area contributed by atoms with Crippen molar-refractivity contribution in [1.29, 1.82) is 0 Å². The van der Waals surface area contributed by atoms with Gasteiger partial charge in [-0.25, -0.2) is 0 Å². The summed E-state index contributed by atoms with van der Waals surface area (Å²) >= 11 is 0. The van der Waals surface area contributed by atoms with Crippen molar-refractivity contribution in [3.8, 4) is 0 Å². The van der Waals surface area contributed by atoms with Crippen molar-refractivity contribution in [1.82, 2.24) is 5.32 Å². The van der Waals surface area contributed by atoms with Crippen LogP contribution >= 0.6 is 0 Å². The topological polar surface area (TPSA) is 12.0 Å². The summed E-state index contributed by atoms with van der Waals surface area (Å²) in [6, 6.07) is 0.792. The Bertz CT molecular complexity index is 214. The lowest BCUT2D eigenvalue weighted by Crippen LogP contribution is -2.36. The second-order valence-corrected chi connectivity index (χ2v) is 7.01. The molecule has 1 aliphatic carbocycles. The van der Waals surface area contributed by atoms with Gasteiger partial charge in [-0.3, -0.25) is 0 Å². The third kappa shape index (κ3) is 7.11. The average molecular weight is 282 g/mol. The first-order valence-electron chi connectivity index (χ1n) is 9.49. The van der Waals surface area contributed by atoms with Crippen molar-refractivity contribution in [2.24, 2.45) is 11.8 Å². The summed E-state index contributed by atoms with van der Waals surface area (Å²) in [5, 5.41) is 3.63. The molecule has 1 rings (SSSR count). The van der Waals surface area contributed by atoms with Gasteiger partial charge in [0.2, 0.25) is 0 Å². The van der Waals surface area contributed by atoms with Gasteiger partial charge in [0.15, 0.2) is 0 Å². The van der Waals surface area contributed by atoms with Crippen LogP contribution in [0.3, 0.4) is 0 Å². The Kier molecular flexibility index (Phi) is 10.4. The zero-order valence-corrected chi connectivity index (χ0v) is 14.4. The molecular weight excluding hydrogens is 242 g/mol. The van der Waals surface area contributed by atoms with E-state index >= 15 is 0 Å². The molecule has 0 aromatic rings. The van der Waals surface area contributed by atoms with Crippen molar-refractivity contribution in [2.45, 2.75) is 103 Å². The molecule has 0 saturated heterocycles. The number of unbranched alkanes of at least 4 members (excludes halogenated alkanes) is 6. The summed E-state index contributed by atoms with van der Waals surface area (Å²) in [5.41, 5.74) is 0. The summed E-state index contributed by atoms with van der Waals surface area (Å²) in [7, 11) is 2.18. The largest absolute Gasteiger partial charge is 0.317 e. The molecule has 0 aromatic heterocycles. The molecule has 0 spiro atoms. The quantitative estimate of drug-likeness (QED) is 0.463. The highest BCUT2D eigenvalue weighted by molar-refractivity contribution is 4.81. The Morgan fingerprint density at radius 1 is 0.950 bits per heavy atom. The molecule has 0 bridgehead atoms. The van der Waals surface area contributed by atoms with Crippen molar-refractivity contribution in [3.05, 3.63) is 0 Å². The molecule has 0 aliphatic heterocycles. The van der Waals surface area contributed by atoms with Crippen LogP contribution in [0.1, 0.15) is 97.3 Å². The standard InChI is InChI=1S/C19H39N/c1-4-6-7-8-9-10-11-15-19(20-3)18-14-12-13-17(5-2)16-18/h17-20H,4-16H2,1-3H3. The maximum atomic E-state index is 3.63. The van der Waals surface area contributed by atoms with Crippen LogP contribution < -0.4 is 5.32 Å². The lowest BCUT2D eigenvalue weighted by molar-refractivity contribution is 0.205. The van der Waals surface area contributed by atoms with E-state index in [0.29, 0.717) is 0 Å². The molecule has 1 fully saturated rings. The second-order valence-electron chi connectivity index (χ2n) is 7.01. The Balaban J connectivity index is 2.12. The number of hydrogen-bond donors (Lipinski definition) is 1. The molecule has 3 atom stereocenters. The molecule has 0 radical (unpaired) electrons. The van der Waals surface area contributed by atoms with Crippen molar-refractivity contribution >= 4 is 0 Å².